The molecule has 1 saturated heterocycles. The summed E-state index contributed by atoms with van der Waals surface area (Å²) in [5.41, 5.74) is 1.35. The van der Waals surface area contributed by atoms with Crippen molar-refractivity contribution in [2.45, 2.75) is 33.2 Å². The number of hydrogen-bond acceptors (Lipinski definition) is 5. The van der Waals surface area contributed by atoms with Crippen LogP contribution in [0, 0.1) is 5.92 Å². The highest BCUT2D eigenvalue weighted by Crippen LogP contribution is 2.18. The number of hydrogen-bond donors (Lipinski definition) is 1. The van der Waals surface area contributed by atoms with Crippen molar-refractivity contribution < 1.29 is 23.9 Å². The highest BCUT2D eigenvalue weighted by molar-refractivity contribution is 5.96. The Morgan fingerprint density at radius 2 is 1.90 bits per heavy atom. The van der Waals surface area contributed by atoms with E-state index in [1.807, 2.05) is 0 Å². The lowest BCUT2D eigenvalue weighted by Crippen LogP contribution is -2.47. The standard InChI is InChI=1S/C21H29N3O5/c1-4-29-21(28)18-6-5-11-24(13-18)19(26)14-23(3)20(27)17-9-7-16(8-10-17)12-22-15(2)25/h7-10,18H,4-6,11-14H2,1-3H3,(H,22,25). The molecule has 0 aliphatic carbocycles. The molecule has 29 heavy (non-hydrogen) atoms. The first-order chi connectivity index (χ1) is 13.8. The van der Waals surface area contributed by atoms with E-state index in [0.717, 1.165) is 12.0 Å². The van der Waals surface area contributed by atoms with Crippen LogP contribution in [-0.4, -0.2) is 66.8 Å². The zero-order valence-corrected chi connectivity index (χ0v) is 17.3. The van der Waals surface area contributed by atoms with Crippen LogP contribution in [0.1, 0.15) is 42.6 Å². The Morgan fingerprint density at radius 3 is 2.52 bits per heavy atom. The number of piperidine rings is 1. The summed E-state index contributed by atoms with van der Waals surface area (Å²) in [5, 5.41) is 2.70. The number of carbonyl (C=O) groups is 4. The van der Waals surface area contributed by atoms with Crippen LogP contribution in [0.25, 0.3) is 0 Å². The van der Waals surface area contributed by atoms with E-state index in [1.54, 1.807) is 43.1 Å². The molecule has 1 aromatic rings. The van der Waals surface area contributed by atoms with Gasteiger partial charge in [-0.25, -0.2) is 0 Å². The number of esters is 1. The molecular weight excluding hydrogens is 374 g/mol. The molecule has 2 rings (SSSR count). The van der Waals surface area contributed by atoms with Gasteiger partial charge in [0.25, 0.3) is 5.91 Å². The highest BCUT2D eigenvalue weighted by atomic mass is 16.5. The number of rotatable bonds is 7. The molecule has 1 fully saturated rings. The molecule has 1 aromatic carbocycles. The van der Waals surface area contributed by atoms with Crippen LogP contribution in [0.3, 0.4) is 0 Å². The molecule has 3 amide bonds. The molecule has 1 aliphatic rings. The van der Waals surface area contributed by atoms with Gasteiger partial charge < -0.3 is 19.9 Å². The lowest BCUT2D eigenvalue weighted by Gasteiger charge is -2.32. The maximum atomic E-state index is 12.6. The molecule has 1 heterocycles. The Morgan fingerprint density at radius 1 is 1.21 bits per heavy atom. The normalized spacial score (nSPS) is 16.1. The highest BCUT2D eigenvalue weighted by Gasteiger charge is 2.30. The van der Waals surface area contributed by atoms with Gasteiger partial charge in [0.2, 0.25) is 11.8 Å². The molecule has 0 spiro atoms. The minimum atomic E-state index is -0.301. The number of nitrogens with zero attached hydrogens (tertiary/aromatic N) is 2. The van der Waals surface area contributed by atoms with Gasteiger partial charge in [-0.3, -0.25) is 19.2 Å². The predicted molar refractivity (Wildman–Crippen MR) is 107 cm³/mol. The van der Waals surface area contributed by atoms with E-state index in [2.05, 4.69) is 5.32 Å². The van der Waals surface area contributed by atoms with Crippen LogP contribution < -0.4 is 5.32 Å². The maximum absolute atomic E-state index is 12.6. The summed E-state index contributed by atoms with van der Waals surface area (Å²) in [5.74, 6) is -1.13. The molecule has 0 bridgehead atoms. The van der Waals surface area contributed by atoms with Crippen LogP contribution in [0.15, 0.2) is 24.3 Å². The first-order valence-electron chi connectivity index (χ1n) is 9.85. The second-order valence-corrected chi connectivity index (χ2v) is 7.20. The number of carbonyl (C=O) groups excluding carboxylic acids is 4. The second-order valence-electron chi connectivity index (χ2n) is 7.20. The smallest absolute Gasteiger partial charge is 0.310 e. The van der Waals surface area contributed by atoms with Crippen molar-refractivity contribution in [3.63, 3.8) is 0 Å². The fourth-order valence-corrected chi connectivity index (χ4v) is 3.24. The van der Waals surface area contributed by atoms with Gasteiger partial charge in [0.05, 0.1) is 19.1 Å². The summed E-state index contributed by atoms with van der Waals surface area (Å²) in [6.07, 6.45) is 1.45. The molecule has 8 nitrogen and oxygen atoms in total. The van der Waals surface area contributed by atoms with Gasteiger partial charge in [-0.15, -0.1) is 0 Å². The van der Waals surface area contributed by atoms with Crippen molar-refractivity contribution in [3.8, 4) is 0 Å². The zero-order chi connectivity index (χ0) is 21.4. The van der Waals surface area contributed by atoms with Gasteiger partial charge in [0.15, 0.2) is 0 Å². The van der Waals surface area contributed by atoms with E-state index >= 15 is 0 Å². The third-order valence-electron chi connectivity index (χ3n) is 4.86. The minimum Gasteiger partial charge on any atom is -0.466 e. The zero-order valence-electron chi connectivity index (χ0n) is 17.3. The molecule has 1 aliphatic heterocycles. The fourth-order valence-electron chi connectivity index (χ4n) is 3.24. The average molecular weight is 403 g/mol. The Kier molecular flexibility index (Phi) is 8.18. The fraction of sp³-hybridized carbons (Fsp3) is 0.524. The third-order valence-corrected chi connectivity index (χ3v) is 4.86. The first kappa shape index (κ1) is 22.4. The lowest BCUT2D eigenvalue weighted by atomic mass is 9.98. The van der Waals surface area contributed by atoms with Crippen LogP contribution in [-0.2, 0) is 25.7 Å². The summed E-state index contributed by atoms with van der Waals surface area (Å²) >= 11 is 0. The molecule has 1 N–H and O–H groups in total. The van der Waals surface area contributed by atoms with Gasteiger partial charge in [-0.05, 0) is 37.5 Å². The first-order valence-corrected chi connectivity index (χ1v) is 9.85. The van der Waals surface area contributed by atoms with Crippen molar-refractivity contribution in [1.29, 1.82) is 0 Å². The maximum Gasteiger partial charge on any atom is 0.310 e. The Balaban J connectivity index is 1.90. The Hall–Kier alpha value is -2.90. The molecule has 1 atom stereocenters. The van der Waals surface area contributed by atoms with Crippen LogP contribution in [0.2, 0.25) is 0 Å². The Labute approximate surface area is 171 Å². The summed E-state index contributed by atoms with van der Waals surface area (Å²) in [6.45, 7) is 4.78. The van der Waals surface area contributed by atoms with Crippen molar-refractivity contribution in [2.24, 2.45) is 5.92 Å². The van der Waals surface area contributed by atoms with Gasteiger partial charge in [-0.2, -0.15) is 0 Å². The van der Waals surface area contributed by atoms with E-state index in [4.69, 9.17) is 4.74 Å². The number of likely N-dealkylation sites (tertiary alicyclic amines) is 1. The minimum absolute atomic E-state index is 0.0535. The number of ether oxygens (including phenoxy) is 1. The summed E-state index contributed by atoms with van der Waals surface area (Å²) in [7, 11) is 1.58. The molecular formula is C21H29N3O5. The van der Waals surface area contributed by atoms with Crippen molar-refractivity contribution >= 4 is 23.7 Å². The van der Waals surface area contributed by atoms with Crippen molar-refractivity contribution in [1.82, 2.24) is 15.1 Å². The van der Waals surface area contributed by atoms with Gasteiger partial charge in [0.1, 0.15) is 0 Å². The summed E-state index contributed by atoms with van der Waals surface area (Å²) in [6, 6.07) is 6.90. The van der Waals surface area contributed by atoms with E-state index in [1.165, 1.54) is 11.8 Å². The van der Waals surface area contributed by atoms with Crippen molar-refractivity contribution in [3.05, 3.63) is 35.4 Å². The summed E-state index contributed by atoms with van der Waals surface area (Å²) < 4.78 is 5.06. The molecule has 0 saturated carbocycles. The monoisotopic (exact) mass is 403 g/mol. The van der Waals surface area contributed by atoms with Gasteiger partial charge in [0, 0.05) is 39.2 Å². The number of benzene rings is 1. The van der Waals surface area contributed by atoms with Crippen LogP contribution in [0.4, 0.5) is 0 Å². The van der Waals surface area contributed by atoms with E-state index in [0.29, 0.717) is 38.2 Å². The van der Waals surface area contributed by atoms with Crippen molar-refractivity contribution in [2.75, 3.05) is 33.3 Å². The predicted octanol–water partition coefficient (Wildman–Crippen LogP) is 1.20. The summed E-state index contributed by atoms with van der Waals surface area (Å²) in [4.78, 5) is 51.1. The number of likely N-dealkylation sites (N-methyl/N-ethyl adjacent to an activating group) is 1. The topological polar surface area (TPSA) is 96.0 Å². The Bertz CT molecular complexity index is 747. The number of nitrogens with one attached hydrogen (secondary N) is 1. The average Bonchev–Trinajstić information content (AvgIpc) is 2.72. The van der Waals surface area contributed by atoms with Gasteiger partial charge in [-0.1, -0.05) is 12.1 Å². The van der Waals surface area contributed by atoms with Crippen LogP contribution >= 0.6 is 0 Å². The van der Waals surface area contributed by atoms with E-state index in [9.17, 15) is 19.2 Å². The number of amides is 3. The van der Waals surface area contributed by atoms with Crippen LogP contribution in [0.5, 0.6) is 0 Å². The quantitative estimate of drug-likeness (QED) is 0.690. The SMILES string of the molecule is CCOC(=O)C1CCCN(C(=O)CN(C)C(=O)c2ccc(CNC(C)=O)cc2)C1. The molecule has 0 aromatic heterocycles. The molecule has 1 unspecified atom stereocenters. The molecule has 0 radical (unpaired) electrons. The third kappa shape index (κ3) is 6.58. The molecule has 158 valence electrons. The van der Waals surface area contributed by atoms with E-state index < -0.39 is 0 Å². The largest absolute Gasteiger partial charge is 0.466 e. The van der Waals surface area contributed by atoms with Gasteiger partial charge >= 0.3 is 5.97 Å². The lowest BCUT2D eigenvalue weighted by molar-refractivity contribution is -0.151. The molecule has 8 heteroatoms. The second kappa shape index (κ2) is 10.6. The van der Waals surface area contributed by atoms with E-state index in [-0.39, 0.29) is 36.2 Å².